The molecule has 0 amide bonds. The van der Waals surface area contributed by atoms with E-state index in [9.17, 15) is 0 Å². The van der Waals surface area contributed by atoms with Gasteiger partial charge in [0.05, 0.1) is 12.7 Å². The molecule has 0 aromatic rings. The van der Waals surface area contributed by atoms with Crippen LogP contribution in [0.15, 0.2) is 0 Å². The maximum atomic E-state index is 6.25. The molecule has 0 saturated heterocycles. The highest BCUT2D eigenvalue weighted by atomic mass is 16.5. The molecule has 108 valence electrons. The number of rotatable bonds is 3. The Labute approximate surface area is 118 Å². The van der Waals surface area contributed by atoms with Crippen LogP contribution in [0, 0.1) is 34.7 Å². The van der Waals surface area contributed by atoms with E-state index in [0.29, 0.717) is 5.92 Å². The molecule has 0 unspecified atom stereocenters. The fourth-order valence-electron chi connectivity index (χ4n) is 4.04. The third-order valence-electron chi connectivity index (χ3n) is 5.60. The van der Waals surface area contributed by atoms with Crippen LogP contribution >= 0.6 is 0 Å². The summed E-state index contributed by atoms with van der Waals surface area (Å²) in [5, 5.41) is 0. The zero-order valence-electron chi connectivity index (χ0n) is 13.2. The molecule has 0 spiro atoms. The van der Waals surface area contributed by atoms with Gasteiger partial charge in [0.25, 0.3) is 0 Å². The van der Waals surface area contributed by atoms with Gasteiger partial charge in [-0.15, -0.1) is 0 Å². The molecule has 0 radical (unpaired) electrons. The van der Waals surface area contributed by atoms with Crippen LogP contribution in [0.3, 0.4) is 0 Å². The van der Waals surface area contributed by atoms with Gasteiger partial charge in [0.2, 0.25) is 0 Å². The maximum absolute atomic E-state index is 6.25. The van der Waals surface area contributed by atoms with Gasteiger partial charge < -0.3 is 9.47 Å². The highest BCUT2D eigenvalue weighted by molar-refractivity contribution is 5.16. The molecule has 4 atom stereocenters. The van der Waals surface area contributed by atoms with Crippen molar-refractivity contribution >= 4 is 0 Å². The number of hydrogen-bond acceptors (Lipinski definition) is 2. The molecule has 2 rings (SSSR count). The second-order valence-electron chi connectivity index (χ2n) is 8.28. The third kappa shape index (κ3) is 2.17. The summed E-state index contributed by atoms with van der Waals surface area (Å²) in [6.07, 6.45) is 10.4. The van der Waals surface area contributed by atoms with Crippen LogP contribution in [0.25, 0.3) is 0 Å². The summed E-state index contributed by atoms with van der Waals surface area (Å²) in [6.45, 7) is 14.4. The topological polar surface area (TPSA) is 18.5 Å². The van der Waals surface area contributed by atoms with E-state index in [1.54, 1.807) is 0 Å². The Morgan fingerprint density at radius 1 is 1.26 bits per heavy atom. The third-order valence-corrected chi connectivity index (χ3v) is 5.60. The Bertz CT molecular complexity index is 385. The molecule has 0 aromatic heterocycles. The van der Waals surface area contributed by atoms with E-state index >= 15 is 0 Å². The lowest BCUT2D eigenvalue weighted by Gasteiger charge is -2.38. The van der Waals surface area contributed by atoms with Crippen molar-refractivity contribution < 1.29 is 9.47 Å². The average Bonchev–Trinajstić information content (AvgIpc) is 2.58. The molecule has 0 aliphatic heterocycles. The summed E-state index contributed by atoms with van der Waals surface area (Å²) in [4.78, 5) is 0. The van der Waals surface area contributed by atoms with Crippen molar-refractivity contribution in [3.05, 3.63) is 0 Å². The molecule has 2 bridgehead atoms. The lowest BCUT2D eigenvalue weighted by Crippen LogP contribution is -2.43. The van der Waals surface area contributed by atoms with Crippen molar-refractivity contribution in [2.75, 3.05) is 6.61 Å². The summed E-state index contributed by atoms with van der Waals surface area (Å²) in [7, 11) is 0. The summed E-state index contributed by atoms with van der Waals surface area (Å²) in [6, 6.07) is 0. The van der Waals surface area contributed by atoms with E-state index in [2.05, 4.69) is 47.6 Å². The van der Waals surface area contributed by atoms with Gasteiger partial charge in [-0.2, -0.15) is 0 Å². The molecular weight excluding hydrogens is 236 g/mol. The van der Waals surface area contributed by atoms with Gasteiger partial charge in [0.15, 0.2) is 0 Å². The first-order valence-electron chi connectivity index (χ1n) is 7.36. The minimum absolute atomic E-state index is 0.0357. The van der Waals surface area contributed by atoms with Crippen LogP contribution in [0.2, 0.25) is 0 Å². The zero-order valence-corrected chi connectivity index (χ0v) is 13.2. The number of hydrogen-bond donors (Lipinski definition) is 0. The number of ether oxygens (including phenoxy) is 2. The van der Waals surface area contributed by atoms with Crippen molar-refractivity contribution in [3.8, 4) is 12.5 Å². The van der Waals surface area contributed by atoms with Crippen molar-refractivity contribution in [1.82, 2.24) is 0 Å². The fraction of sp³-hybridized carbons (Fsp3) is 0.882. The van der Waals surface area contributed by atoms with Crippen molar-refractivity contribution in [1.29, 1.82) is 0 Å². The van der Waals surface area contributed by atoms with Gasteiger partial charge in [-0.3, -0.25) is 0 Å². The van der Waals surface area contributed by atoms with Crippen molar-refractivity contribution in [3.63, 3.8) is 0 Å². The molecule has 2 aliphatic rings. The largest absolute Gasteiger partial charge is 0.440 e. The van der Waals surface area contributed by atoms with Crippen molar-refractivity contribution in [2.45, 2.75) is 66.6 Å². The first-order valence-corrected chi connectivity index (χ1v) is 7.36. The van der Waals surface area contributed by atoms with Gasteiger partial charge in [0, 0.05) is 5.41 Å². The Kier molecular flexibility index (Phi) is 3.42. The van der Waals surface area contributed by atoms with Crippen LogP contribution in [-0.2, 0) is 9.47 Å². The minimum atomic E-state index is 0.0357. The standard InChI is InChI=1S/C17H28O2/c1-8-18-14-13(19-11-15(2,3)4)12-9-10-17(14,7)16(12,5)6/h1,12-14H,9-11H2,2-7H3/t12-,13-,14-,17+/m1/s1. The van der Waals surface area contributed by atoms with Gasteiger partial charge in [-0.05, 0) is 29.6 Å². The molecule has 2 heteroatoms. The Hall–Kier alpha value is -0.680. The summed E-state index contributed by atoms with van der Waals surface area (Å²) < 4.78 is 11.9. The number of terminal acetylenes is 1. The lowest BCUT2D eigenvalue weighted by atomic mass is 9.70. The van der Waals surface area contributed by atoms with E-state index in [-0.39, 0.29) is 28.5 Å². The maximum Gasteiger partial charge on any atom is 0.143 e. The molecule has 2 nitrogen and oxygen atoms in total. The van der Waals surface area contributed by atoms with Crippen LogP contribution in [-0.4, -0.2) is 18.8 Å². The van der Waals surface area contributed by atoms with E-state index in [1.807, 2.05) is 0 Å². The normalized spacial score (nSPS) is 40.2. The van der Waals surface area contributed by atoms with E-state index in [0.717, 1.165) is 6.61 Å². The van der Waals surface area contributed by atoms with Gasteiger partial charge >= 0.3 is 0 Å². The summed E-state index contributed by atoms with van der Waals surface area (Å²) >= 11 is 0. The van der Waals surface area contributed by atoms with E-state index < -0.39 is 0 Å². The first-order chi connectivity index (χ1) is 8.63. The summed E-state index contributed by atoms with van der Waals surface area (Å²) in [5.41, 5.74) is 0.539. The average molecular weight is 264 g/mol. The molecule has 0 aromatic carbocycles. The number of fused-ring (bicyclic) bond motifs is 2. The second kappa shape index (κ2) is 4.42. The molecule has 2 fully saturated rings. The molecule has 0 heterocycles. The molecule has 2 saturated carbocycles. The molecule has 2 aliphatic carbocycles. The van der Waals surface area contributed by atoms with Crippen LogP contribution in [0.5, 0.6) is 0 Å². The van der Waals surface area contributed by atoms with Crippen LogP contribution < -0.4 is 0 Å². The van der Waals surface area contributed by atoms with Gasteiger partial charge in [-0.1, -0.05) is 48.0 Å². The Morgan fingerprint density at radius 3 is 2.42 bits per heavy atom. The monoisotopic (exact) mass is 264 g/mol. The molecular formula is C17H28O2. The van der Waals surface area contributed by atoms with Crippen molar-refractivity contribution in [2.24, 2.45) is 22.2 Å². The first kappa shape index (κ1) is 14.7. The zero-order chi connectivity index (χ0) is 14.5. The quantitative estimate of drug-likeness (QED) is 0.721. The fourth-order valence-corrected chi connectivity index (χ4v) is 4.04. The SMILES string of the molecule is C#CO[C@@H]1[C@H](OCC(C)(C)C)[C@H]2CC[C@]1(C)C2(C)C. The minimum Gasteiger partial charge on any atom is -0.440 e. The Balaban J connectivity index is 2.21. The van der Waals surface area contributed by atoms with E-state index in [1.165, 1.54) is 12.8 Å². The summed E-state index contributed by atoms with van der Waals surface area (Å²) in [5.74, 6) is 0.554. The highest BCUT2D eigenvalue weighted by Gasteiger charge is 2.68. The smallest absolute Gasteiger partial charge is 0.143 e. The lowest BCUT2D eigenvalue weighted by molar-refractivity contribution is -0.0999. The van der Waals surface area contributed by atoms with Gasteiger partial charge in [-0.25, -0.2) is 0 Å². The molecule has 0 N–H and O–H groups in total. The second-order valence-corrected chi connectivity index (χ2v) is 8.28. The predicted molar refractivity (Wildman–Crippen MR) is 77.5 cm³/mol. The predicted octanol–water partition coefficient (Wildman–Crippen LogP) is 3.85. The molecule has 19 heavy (non-hydrogen) atoms. The van der Waals surface area contributed by atoms with Crippen LogP contribution in [0.4, 0.5) is 0 Å². The highest BCUT2D eigenvalue weighted by Crippen LogP contribution is 2.66. The van der Waals surface area contributed by atoms with Gasteiger partial charge in [0.1, 0.15) is 12.2 Å². The van der Waals surface area contributed by atoms with E-state index in [4.69, 9.17) is 15.9 Å². The van der Waals surface area contributed by atoms with Crippen LogP contribution in [0.1, 0.15) is 54.4 Å². The Morgan fingerprint density at radius 2 is 1.89 bits per heavy atom.